The molecule has 0 aliphatic heterocycles. The number of rotatable bonds is 9. The van der Waals surface area contributed by atoms with Crippen LogP contribution in [0, 0.1) is 0 Å². The van der Waals surface area contributed by atoms with Crippen molar-refractivity contribution in [2.45, 2.75) is 20.3 Å². The van der Waals surface area contributed by atoms with E-state index in [-0.39, 0.29) is 6.61 Å². The summed E-state index contributed by atoms with van der Waals surface area (Å²) in [6.45, 7) is 4.23. The van der Waals surface area contributed by atoms with Crippen molar-refractivity contribution < 1.29 is 19.0 Å². The molecule has 0 aliphatic rings. The van der Waals surface area contributed by atoms with Gasteiger partial charge >= 0.3 is 5.97 Å². The van der Waals surface area contributed by atoms with Gasteiger partial charge in [0.1, 0.15) is 5.75 Å². The lowest BCUT2D eigenvalue weighted by atomic mass is 10.1. The predicted molar refractivity (Wildman–Crippen MR) is 118 cm³/mol. The Bertz CT molecular complexity index is 999. The minimum absolute atomic E-state index is 0.178. The number of aryl methyl sites for hydroxylation is 1. The van der Waals surface area contributed by atoms with Gasteiger partial charge in [-0.1, -0.05) is 37.3 Å². The summed E-state index contributed by atoms with van der Waals surface area (Å²) in [5.74, 6) is 1.04. The van der Waals surface area contributed by atoms with Crippen LogP contribution in [0.25, 0.3) is 12.2 Å². The second kappa shape index (κ2) is 10.8. The zero-order chi connectivity index (χ0) is 21.2. The van der Waals surface area contributed by atoms with Gasteiger partial charge in [0.05, 0.1) is 6.61 Å². The first-order chi connectivity index (χ1) is 14.7. The number of hydrogen-bond acceptors (Lipinski definition) is 5. The van der Waals surface area contributed by atoms with Crippen LogP contribution >= 0.6 is 0 Å². The lowest BCUT2D eigenvalue weighted by Crippen LogP contribution is -2.18. The summed E-state index contributed by atoms with van der Waals surface area (Å²) in [5.41, 5.74) is 3.13. The van der Waals surface area contributed by atoms with Gasteiger partial charge < -0.3 is 14.2 Å². The Morgan fingerprint density at radius 2 is 1.70 bits per heavy atom. The zero-order valence-electron chi connectivity index (χ0n) is 17.2. The van der Waals surface area contributed by atoms with E-state index in [4.69, 9.17) is 14.2 Å². The van der Waals surface area contributed by atoms with E-state index in [0.717, 1.165) is 23.1 Å². The van der Waals surface area contributed by atoms with Gasteiger partial charge in [0.15, 0.2) is 18.1 Å². The number of nitrogens with zero attached hydrogens (tertiary/aromatic N) is 1. The SMILES string of the molecule is CCOc1cc(/C=C/c2ccncc2)ccc1OC(=O)COc1cccc(CC)c1. The number of esters is 1. The number of benzene rings is 2. The average molecular weight is 403 g/mol. The molecule has 154 valence electrons. The first kappa shape index (κ1) is 21.1. The fourth-order valence-corrected chi connectivity index (χ4v) is 2.80. The number of carbonyl (C=O) groups is 1. The molecule has 1 heterocycles. The van der Waals surface area contributed by atoms with Crippen LogP contribution in [-0.2, 0) is 11.2 Å². The first-order valence-corrected chi connectivity index (χ1v) is 9.95. The van der Waals surface area contributed by atoms with Crippen LogP contribution < -0.4 is 14.2 Å². The van der Waals surface area contributed by atoms with Gasteiger partial charge in [0.2, 0.25) is 0 Å². The molecule has 0 amide bonds. The first-order valence-electron chi connectivity index (χ1n) is 9.95. The second-order valence-electron chi connectivity index (χ2n) is 6.52. The van der Waals surface area contributed by atoms with Crippen LogP contribution in [0.2, 0.25) is 0 Å². The van der Waals surface area contributed by atoms with E-state index in [2.05, 4.69) is 11.9 Å². The molecule has 0 N–H and O–H groups in total. The van der Waals surface area contributed by atoms with Gasteiger partial charge in [-0.3, -0.25) is 4.98 Å². The van der Waals surface area contributed by atoms with Crippen LogP contribution in [0.3, 0.4) is 0 Å². The highest BCUT2D eigenvalue weighted by Gasteiger charge is 2.12. The molecule has 0 aliphatic carbocycles. The molecular formula is C25H25NO4. The average Bonchev–Trinajstić information content (AvgIpc) is 2.79. The highest BCUT2D eigenvalue weighted by molar-refractivity contribution is 5.76. The lowest BCUT2D eigenvalue weighted by Gasteiger charge is -2.12. The third-order valence-corrected chi connectivity index (χ3v) is 4.33. The van der Waals surface area contributed by atoms with Crippen LogP contribution in [0.5, 0.6) is 17.2 Å². The summed E-state index contributed by atoms with van der Waals surface area (Å²) in [6.07, 6.45) is 8.34. The smallest absolute Gasteiger partial charge is 0.349 e. The van der Waals surface area contributed by atoms with Crippen molar-refractivity contribution in [3.63, 3.8) is 0 Å². The fourth-order valence-electron chi connectivity index (χ4n) is 2.80. The van der Waals surface area contributed by atoms with Crippen LogP contribution in [-0.4, -0.2) is 24.2 Å². The van der Waals surface area contributed by atoms with Crippen molar-refractivity contribution >= 4 is 18.1 Å². The molecule has 0 saturated heterocycles. The maximum absolute atomic E-state index is 12.3. The Balaban J connectivity index is 1.65. The van der Waals surface area contributed by atoms with Crippen molar-refractivity contribution in [2.75, 3.05) is 13.2 Å². The van der Waals surface area contributed by atoms with Gasteiger partial charge in [-0.2, -0.15) is 0 Å². The number of aromatic nitrogens is 1. The largest absolute Gasteiger partial charge is 0.490 e. The van der Waals surface area contributed by atoms with Crippen molar-refractivity contribution in [3.8, 4) is 17.2 Å². The summed E-state index contributed by atoms with van der Waals surface area (Å²) in [5, 5.41) is 0. The quantitative estimate of drug-likeness (QED) is 0.363. The van der Waals surface area contributed by atoms with Gasteiger partial charge in [0, 0.05) is 12.4 Å². The molecule has 5 nitrogen and oxygen atoms in total. The number of pyridine rings is 1. The van der Waals surface area contributed by atoms with Crippen molar-refractivity contribution in [1.82, 2.24) is 4.98 Å². The Morgan fingerprint density at radius 3 is 2.47 bits per heavy atom. The van der Waals surface area contributed by atoms with E-state index >= 15 is 0 Å². The highest BCUT2D eigenvalue weighted by atomic mass is 16.6. The van der Waals surface area contributed by atoms with E-state index in [1.165, 1.54) is 0 Å². The monoisotopic (exact) mass is 403 g/mol. The number of hydrogen-bond donors (Lipinski definition) is 0. The van der Waals surface area contributed by atoms with Crippen LogP contribution in [0.4, 0.5) is 0 Å². The van der Waals surface area contributed by atoms with Gasteiger partial charge in [-0.15, -0.1) is 0 Å². The summed E-state index contributed by atoms with van der Waals surface area (Å²) >= 11 is 0. The molecule has 0 saturated carbocycles. The Labute approximate surface area is 176 Å². The molecule has 5 heteroatoms. The van der Waals surface area contributed by atoms with E-state index in [1.807, 2.05) is 67.6 Å². The predicted octanol–water partition coefficient (Wildman–Crippen LogP) is 5.20. The van der Waals surface area contributed by atoms with Crippen LogP contribution in [0.15, 0.2) is 67.0 Å². The van der Waals surface area contributed by atoms with E-state index < -0.39 is 5.97 Å². The van der Waals surface area contributed by atoms with Crippen LogP contribution in [0.1, 0.15) is 30.5 Å². The van der Waals surface area contributed by atoms with Crippen molar-refractivity contribution in [1.29, 1.82) is 0 Å². The maximum Gasteiger partial charge on any atom is 0.349 e. The Hall–Kier alpha value is -3.60. The Kier molecular flexibility index (Phi) is 7.61. The lowest BCUT2D eigenvalue weighted by molar-refractivity contribution is -0.136. The molecular weight excluding hydrogens is 378 g/mol. The molecule has 1 aromatic heterocycles. The molecule has 2 aromatic carbocycles. The molecule has 30 heavy (non-hydrogen) atoms. The molecule has 3 aromatic rings. The molecule has 0 atom stereocenters. The van der Waals surface area contributed by atoms with E-state index in [0.29, 0.717) is 23.9 Å². The van der Waals surface area contributed by atoms with Gasteiger partial charge in [-0.05, 0) is 66.4 Å². The van der Waals surface area contributed by atoms with Gasteiger partial charge in [-0.25, -0.2) is 4.79 Å². The number of carbonyl (C=O) groups excluding carboxylic acids is 1. The van der Waals surface area contributed by atoms with Crippen molar-refractivity contribution in [2.24, 2.45) is 0 Å². The zero-order valence-corrected chi connectivity index (χ0v) is 17.2. The summed E-state index contributed by atoms with van der Waals surface area (Å²) in [7, 11) is 0. The fraction of sp³-hybridized carbons (Fsp3) is 0.200. The number of ether oxygens (including phenoxy) is 3. The molecule has 0 bridgehead atoms. The molecule has 0 radical (unpaired) electrons. The van der Waals surface area contributed by atoms with E-state index in [1.54, 1.807) is 18.5 Å². The van der Waals surface area contributed by atoms with E-state index in [9.17, 15) is 4.79 Å². The summed E-state index contributed by atoms with van der Waals surface area (Å²) in [4.78, 5) is 16.3. The topological polar surface area (TPSA) is 57.7 Å². The third-order valence-electron chi connectivity index (χ3n) is 4.33. The highest BCUT2D eigenvalue weighted by Crippen LogP contribution is 2.29. The maximum atomic E-state index is 12.3. The molecule has 0 unspecified atom stereocenters. The Morgan fingerprint density at radius 1 is 0.900 bits per heavy atom. The minimum atomic E-state index is -0.488. The van der Waals surface area contributed by atoms with Gasteiger partial charge in [0.25, 0.3) is 0 Å². The molecule has 0 fully saturated rings. The summed E-state index contributed by atoms with van der Waals surface area (Å²) in [6, 6.07) is 17.0. The minimum Gasteiger partial charge on any atom is -0.490 e. The second-order valence-corrected chi connectivity index (χ2v) is 6.52. The standard InChI is InChI=1S/C25H25NO4/c1-3-19-6-5-7-22(16-19)29-18-25(27)30-23-11-10-21(17-24(23)28-4-2)9-8-20-12-14-26-15-13-20/h5-17H,3-4,18H2,1-2H3/b9-8+. The summed E-state index contributed by atoms with van der Waals surface area (Å²) < 4.78 is 16.7. The van der Waals surface area contributed by atoms with Crippen molar-refractivity contribution in [3.05, 3.63) is 83.7 Å². The third kappa shape index (κ3) is 6.21. The normalized spacial score (nSPS) is 10.7. The molecule has 0 spiro atoms. The molecule has 3 rings (SSSR count).